The average Bonchev–Trinajstić information content (AvgIpc) is 2.12. The molecule has 0 radical (unpaired) electrons. The van der Waals surface area contributed by atoms with E-state index < -0.39 is 5.60 Å². The minimum atomic E-state index is -0.589. The van der Waals surface area contributed by atoms with Crippen LogP contribution in [0.5, 0.6) is 0 Å². The van der Waals surface area contributed by atoms with E-state index in [9.17, 15) is 5.11 Å². The Balaban J connectivity index is 2.40. The third-order valence-electron chi connectivity index (χ3n) is 3.90. The van der Waals surface area contributed by atoms with Crippen LogP contribution in [0.25, 0.3) is 0 Å². The van der Waals surface area contributed by atoms with Gasteiger partial charge in [-0.05, 0) is 39.3 Å². The molecule has 1 N–H and O–H groups in total. The van der Waals surface area contributed by atoms with Crippen molar-refractivity contribution in [2.45, 2.75) is 52.1 Å². The first-order chi connectivity index (χ1) is 8.32. The van der Waals surface area contributed by atoms with Crippen molar-refractivity contribution >= 4 is 0 Å². The number of β-amino-alcohol motifs (C(OH)–C–C–N with tert-alkyl or cyclic N) is 1. The van der Waals surface area contributed by atoms with Gasteiger partial charge in [-0.2, -0.15) is 0 Å². The van der Waals surface area contributed by atoms with Gasteiger partial charge in [-0.1, -0.05) is 26.7 Å². The van der Waals surface area contributed by atoms with Crippen LogP contribution in [0.2, 0.25) is 0 Å². The minimum Gasteiger partial charge on any atom is -0.388 e. The number of rotatable bonds is 8. The van der Waals surface area contributed by atoms with E-state index in [-0.39, 0.29) is 0 Å². The van der Waals surface area contributed by atoms with Crippen LogP contribution in [-0.2, 0) is 0 Å². The summed E-state index contributed by atoms with van der Waals surface area (Å²) in [6.45, 7) is 10.4. The predicted molar refractivity (Wildman–Crippen MR) is 77.9 cm³/mol. The van der Waals surface area contributed by atoms with Crippen molar-refractivity contribution in [3.05, 3.63) is 0 Å². The predicted octanol–water partition coefficient (Wildman–Crippen LogP) is 2.20. The van der Waals surface area contributed by atoms with E-state index in [1.165, 1.54) is 38.8 Å². The molecule has 18 heavy (non-hydrogen) atoms. The molecule has 0 aromatic rings. The van der Waals surface area contributed by atoms with Crippen LogP contribution in [0.1, 0.15) is 46.5 Å². The molecule has 0 amide bonds. The van der Waals surface area contributed by atoms with Gasteiger partial charge in [-0.3, -0.25) is 4.90 Å². The van der Waals surface area contributed by atoms with Crippen LogP contribution in [0.3, 0.4) is 0 Å². The standard InChI is InChI=1S/C15H32N2O/c1-6-8-15(9-7-2)12-17(13-15)11-14(3,18)10-16(4)5/h18H,6-13H2,1-5H3. The Labute approximate surface area is 113 Å². The van der Waals surface area contributed by atoms with E-state index in [0.717, 1.165) is 13.1 Å². The molecular weight excluding hydrogens is 224 g/mol. The molecule has 1 unspecified atom stereocenters. The fraction of sp³-hybridized carbons (Fsp3) is 1.00. The van der Waals surface area contributed by atoms with E-state index in [4.69, 9.17) is 0 Å². The lowest BCUT2D eigenvalue weighted by molar-refractivity contribution is -0.0747. The number of nitrogens with zero attached hydrogens (tertiary/aromatic N) is 2. The molecule has 1 rings (SSSR count). The molecule has 1 aliphatic heterocycles. The summed E-state index contributed by atoms with van der Waals surface area (Å²) in [5, 5.41) is 10.4. The maximum Gasteiger partial charge on any atom is 0.0871 e. The lowest BCUT2D eigenvalue weighted by atomic mass is 9.72. The normalized spacial score (nSPS) is 22.8. The second-order valence-corrected chi connectivity index (χ2v) is 6.88. The van der Waals surface area contributed by atoms with Gasteiger partial charge >= 0.3 is 0 Å². The summed E-state index contributed by atoms with van der Waals surface area (Å²) in [6, 6.07) is 0. The number of aliphatic hydroxyl groups is 1. The zero-order valence-electron chi connectivity index (χ0n) is 13.0. The maximum atomic E-state index is 10.4. The fourth-order valence-electron chi connectivity index (χ4n) is 3.73. The number of likely N-dealkylation sites (N-methyl/N-ethyl adjacent to an activating group) is 1. The van der Waals surface area contributed by atoms with Crippen LogP contribution in [0, 0.1) is 5.41 Å². The highest BCUT2D eigenvalue weighted by molar-refractivity contribution is 4.96. The first kappa shape index (κ1) is 15.9. The van der Waals surface area contributed by atoms with Crippen LogP contribution < -0.4 is 0 Å². The lowest BCUT2D eigenvalue weighted by Gasteiger charge is -2.52. The van der Waals surface area contributed by atoms with Crippen LogP contribution >= 0.6 is 0 Å². The minimum absolute atomic E-state index is 0.553. The van der Waals surface area contributed by atoms with Gasteiger partial charge in [0.25, 0.3) is 0 Å². The Morgan fingerprint density at radius 3 is 2.06 bits per heavy atom. The molecule has 1 fully saturated rings. The van der Waals surface area contributed by atoms with Gasteiger partial charge in [0.15, 0.2) is 0 Å². The second-order valence-electron chi connectivity index (χ2n) is 6.88. The molecular formula is C15H32N2O. The molecule has 0 bridgehead atoms. The Kier molecular flexibility index (Phi) is 5.63. The van der Waals surface area contributed by atoms with Crippen molar-refractivity contribution in [1.29, 1.82) is 0 Å². The SMILES string of the molecule is CCCC1(CCC)CN(CC(C)(O)CN(C)C)C1. The summed E-state index contributed by atoms with van der Waals surface area (Å²) in [6.07, 6.45) is 5.24. The molecule has 1 heterocycles. The average molecular weight is 256 g/mol. The number of hydrogen-bond donors (Lipinski definition) is 1. The first-order valence-corrected chi connectivity index (χ1v) is 7.42. The fourth-order valence-corrected chi connectivity index (χ4v) is 3.73. The molecule has 0 aromatic carbocycles. The van der Waals surface area contributed by atoms with Crippen molar-refractivity contribution in [3.63, 3.8) is 0 Å². The third-order valence-corrected chi connectivity index (χ3v) is 3.90. The number of likely N-dealkylation sites (tertiary alicyclic amines) is 1. The molecule has 0 aromatic heterocycles. The van der Waals surface area contributed by atoms with E-state index in [1.807, 2.05) is 21.0 Å². The highest BCUT2D eigenvalue weighted by Crippen LogP contribution is 2.40. The summed E-state index contributed by atoms with van der Waals surface area (Å²) >= 11 is 0. The van der Waals surface area contributed by atoms with Crippen molar-refractivity contribution in [2.24, 2.45) is 5.41 Å². The molecule has 1 aliphatic rings. The summed E-state index contributed by atoms with van der Waals surface area (Å²) in [5.74, 6) is 0. The highest BCUT2D eigenvalue weighted by atomic mass is 16.3. The van der Waals surface area contributed by atoms with Crippen LogP contribution in [-0.4, -0.2) is 60.8 Å². The largest absolute Gasteiger partial charge is 0.388 e. The Morgan fingerprint density at radius 1 is 1.17 bits per heavy atom. The van der Waals surface area contributed by atoms with E-state index in [0.29, 0.717) is 5.41 Å². The van der Waals surface area contributed by atoms with Crippen LogP contribution in [0.15, 0.2) is 0 Å². The van der Waals surface area contributed by atoms with Gasteiger partial charge < -0.3 is 10.0 Å². The Hall–Kier alpha value is -0.120. The molecule has 3 heteroatoms. The zero-order chi connectivity index (χ0) is 13.8. The third kappa shape index (κ3) is 4.52. The summed E-state index contributed by atoms with van der Waals surface area (Å²) in [5.41, 5.74) is -0.0359. The molecule has 3 nitrogen and oxygen atoms in total. The van der Waals surface area contributed by atoms with Crippen molar-refractivity contribution < 1.29 is 5.11 Å². The van der Waals surface area contributed by atoms with Gasteiger partial charge in [0.2, 0.25) is 0 Å². The zero-order valence-corrected chi connectivity index (χ0v) is 13.0. The number of hydrogen-bond acceptors (Lipinski definition) is 3. The summed E-state index contributed by atoms with van der Waals surface area (Å²) < 4.78 is 0. The topological polar surface area (TPSA) is 26.7 Å². The van der Waals surface area contributed by atoms with Gasteiger partial charge in [-0.25, -0.2) is 0 Å². The van der Waals surface area contributed by atoms with Crippen LogP contribution in [0.4, 0.5) is 0 Å². The van der Waals surface area contributed by atoms with Gasteiger partial charge in [0, 0.05) is 26.2 Å². The first-order valence-electron chi connectivity index (χ1n) is 7.42. The lowest BCUT2D eigenvalue weighted by Crippen LogP contribution is -2.61. The van der Waals surface area contributed by atoms with E-state index in [1.54, 1.807) is 0 Å². The molecule has 0 saturated carbocycles. The highest BCUT2D eigenvalue weighted by Gasteiger charge is 2.43. The van der Waals surface area contributed by atoms with E-state index in [2.05, 4.69) is 23.6 Å². The molecule has 1 saturated heterocycles. The monoisotopic (exact) mass is 256 g/mol. The van der Waals surface area contributed by atoms with Crippen molar-refractivity contribution in [1.82, 2.24) is 9.80 Å². The molecule has 0 spiro atoms. The molecule has 1 atom stereocenters. The summed E-state index contributed by atoms with van der Waals surface area (Å²) in [7, 11) is 4.03. The summed E-state index contributed by atoms with van der Waals surface area (Å²) in [4.78, 5) is 4.49. The van der Waals surface area contributed by atoms with E-state index >= 15 is 0 Å². The van der Waals surface area contributed by atoms with Crippen molar-refractivity contribution in [2.75, 3.05) is 40.3 Å². The Bertz CT molecular complexity index is 237. The quantitative estimate of drug-likeness (QED) is 0.721. The molecule has 0 aliphatic carbocycles. The molecule has 108 valence electrons. The van der Waals surface area contributed by atoms with Gasteiger partial charge in [0.1, 0.15) is 0 Å². The second kappa shape index (κ2) is 6.36. The smallest absolute Gasteiger partial charge is 0.0871 e. The van der Waals surface area contributed by atoms with Gasteiger partial charge in [0.05, 0.1) is 5.60 Å². The maximum absolute atomic E-state index is 10.4. The van der Waals surface area contributed by atoms with Crippen molar-refractivity contribution in [3.8, 4) is 0 Å². The Morgan fingerprint density at radius 2 is 1.67 bits per heavy atom. The van der Waals surface area contributed by atoms with Gasteiger partial charge in [-0.15, -0.1) is 0 Å².